The predicted octanol–water partition coefficient (Wildman–Crippen LogP) is 1.49. The van der Waals surface area contributed by atoms with Crippen molar-refractivity contribution in [1.82, 2.24) is 25.5 Å². The Morgan fingerprint density at radius 1 is 1.09 bits per heavy atom. The summed E-state index contributed by atoms with van der Waals surface area (Å²) in [7, 11) is 1.47. The average molecular weight is 454 g/mol. The highest BCUT2D eigenvalue weighted by atomic mass is 19.1. The molecule has 0 atom stereocenters. The number of nitrogens with zero attached hydrogens (tertiary/aromatic N) is 3. The fourth-order valence-electron chi connectivity index (χ4n) is 4.61. The number of H-pyrrole nitrogens is 1. The Balaban J connectivity index is 1.30. The highest BCUT2D eigenvalue weighted by Gasteiger charge is 2.24. The summed E-state index contributed by atoms with van der Waals surface area (Å²) in [5.74, 6) is -1.52. The van der Waals surface area contributed by atoms with Gasteiger partial charge in [0.1, 0.15) is 5.69 Å². The van der Waals surface area contributed by atoms with Crippen molar-refractivity contribution in [2.24, 2.45) is 0 Å². The number of pyridine rings is 2. The molecule has 2 aliphatic rings. The fourth-order valence-corrected chi connectivity index (χ4v) is 4.61. The molecule has 3 N–H and O–H groups in total. The second-order valence-electron chi connectivity index (χ2n) is 8.32. The van der Waals surface area contributed by atoms with Gasteiger partial charge in [-0.05, 0) is 17.7 Å². The highest BCUT2D eigenvalue weighted by Crippen LogP contribution is 2.27. The van der Waals surface area contributed by atoms with E-state index in [1.54, 1.807) is 12.1 Å². The lowest BCUT2D eigenvalue weighted by molar-refractivity contribution is 0.0957. The molecule has 1 fully saturated rings. The molecule has 5 rings (SSSR count). The molecule has 3 aromatic rings. The van der Waals surface area contributed by atoms with E-state index in [0.717, 1.165) is 10.9 Å². The molecule has 0 radical (unpaired) electrons. The maximum atomic E-state index is 15.3. The van der Waals surface area contributed by atoms with Gasteiger partial charge in [-0.3, -0.25) is 14.5 Å². The van der Waals surface area contributed by atoms with Crippen LogP contribution in [0.25, 0.3) is 10.9 Å². The molecule has 10 heteroatoms. The average Bonchev–Trinajstić information content (AvgIpc) is 3.32. The molecule has 0 aliphatic carbocycles. The summed E-state index contributed by atoms with van der Waals surface area (Å²) in [5.41, 5.74) is 2.44. The van der Waals surface area contributed by atoms with Crippen molar-refractivity contribution in [2.75, 3.05) is 38.1 Å². The quantitative estimate of drug-likeness (QED) is 0.518. The topological polar surface area (TPSA) is 93.4 Å². The van der Waals surface area contributed by atoms with Crippen LogP contribution in [0, 0.1) is 11.8 Å². The fraction of sp³-hybridized carbons (Fsp3) is 0.348. The van der Waals surface area contributed by atoms with Crippen LogP contribution in [0.5, 0.6) is 0 Å². The van der Waals surface area contributed by atoms with Gasteiger partial charge in [0, 0.05) is 69.4 Å². The number of piperazine rings is 1. The van der Waals surface area contributed by atoms with Crippen LogP contribution < -0.4 is 21.1 Å². The van der Waals surface area contributed by atoms with Gasteiger partial charge in [0.15, 0.2) is 5.82 Å². The van der Waals surface area contributed by atoms with Gasteiger partial charge < -0.3 is 20.5 Å². The summed E-state index contributed by atoms with van der Waals surface area (Å²) >= 11 is 0. The molecule has 172 valence electrons. The van der Waals surface area contributed by atoms with Gasteiger partial charge in [-0.15, -0.1) is 0 Å². The van der Waals surface area contributed by atoms with Crippen molar-refractivity contribution in [3.8, 4) is 0 Å². The Morgan fingerprint density at radius 3 is 2.58 bits per heavy atom. The molecular weight excluding hydrogens is 430 g/mol. The smallest absolute Gasteiger partial charge is 0.269 e. The highest BCUT2D eigenvalue weighted by molar-refractivity contribution is 5.92. The monoisotopic (exact) mass is 454 g/mol. The number of hydrogen-bond donors (Lipinski definition) is 3. The first-order chi connectivity index (χ1) is 16.0. The van der Waals surface area contributed by atoms with E-state index >= 15 is 4.39 Å². The molecule has 0 bridgehead atoms. The van der Waals surface area contributed by atoms with E-state index in [4.69, 9.17) is 0 Å². The van der Waals surface area contributed by atoms with Crippen LogP contribution in [0.1, 0.15) is 27.2 Å². The zero-order valence-electron chi connectivity index (χ0n) is 18.2. The van der Waals surface area contributed by atoms with Crippen LogP contribution >= 0.6 is 0 Å². The number of aromatic amines is 1. The molecule has 0 saturated carbocycles. The third-order valence-electron chi connectivity index (χ3n) is 6.42. The van der Waals surface area contributed by atoms with Gasteiger partial charge in [0.2, 0.25) is 5.95 Å². The number of carbonyl (C=O) groups excluding carboxylic acids is 1. The number of fused-ring (bicyclic) bond motifs is 3. The number of carbonyl (C=O) groups is 1. The zero-order valence-corrected chi connectivity index (χ0v) is 18.2. The van der Waals surface area contributed by atoms with Crippen molar-refractivity contribution in [3.05, 3.63) is 68.8 Å². The summed E-state index contributed by atoms with van der Waals surface area (Å²) in [6, 6.07) is 6.72. The molecule has 1 amide bonds. The normalized spacial score (nSPS) is 16.3. The van der Waals surface area contributed by atoms with E-state index in [9.17, 15) is 14.0 Å². The number of rotatable bonds is 4. The van der Waals surface area contributed by atoms with E-state index in [-0.39, 0.29) is 16.8 Å². The first-order valence-corrected chi connectivity index (χ1v) is 10.9. The summed E-state index contributed by atoms with van der Waals surface area (Å²) in [6.45, 7) is 3.76. The summed E-state index contributed by atoms with van der Waals surface area (Å²) < 4.78 is 29.8. The van der Waals surface area contributed by atoms with Crippen LogP contribution in [0.2, 0.25) is 0 Å². The van der Waals surface area contributed by atoms with Gasteiger partial charge in [-0.1, -0.05) is 12.1 Å². The third kappa shape index (κ3) is 3.85. The molecule has 0 spiro atoms. The van der Waals surface area contributed by atoms with Crippen molar-refractivity contribution in [3.63, 3.8) is 0 Å². The second kappa shape index (κ2) is 8.53. The lowest BCUT2D eigenvalue weighted by atomic mass is 10.0. The molecule has 2 aromatic heterocycles. The van der Waals surface area contributed by atoms with E-state index in [0.29, 0.717) is 62.6 Å². The van der Waals surface area contributed by atoms with Crippen LogP contribution in [0.3, 0.4) is 0 Å². The van der Waals surface area contributed by atoms with Gasteiger partial charge in [0.05, 0.1) is 11.2 Å². The van der Waals surface area contributed by atoms with Gasteiger partial charge in [0.25, 0.3) is 11.5 Å². The minimum Gasteiger partial charge on any atom is -0.365 e. The molecule has 33 heavy (non-hydrogen) atoms. The number of nitrogens with one attached hydrogen (secondary N) is 3. The SMILES string of the molecule is CNC(=O)c1ccc(N2CCN(Cc3ccc4c5c(c(=O)[nH]c4c3F)CNC5)CC2)c(F)n1. The maximum absolute atomic E-state index is 15.3. The zero-order chi connectivity index (χ0) is 23.1. The van der Waals surface area contributed by atoms with E-state index in [1.165, 1.54) is 13.1 Å². The number of anilines is 1. The van der Waals surface area contributed by atoms with Gasteiger partial charge >= 0.3 is 0 Å². The van der Waals surface area contributed by atoms with Crippen molar-refractivity contribution in [2.45, 2.75) is 19.6 Å². The molecule has 1 saturated heterocycles. The summed E-state index contributed by atoms with van der Waals surface area (Å²) in [5, 5.41) is 6.31. The first-order valence-electron chi connectivity index (χ1n) is 10.9. The standard InChI is InChI=1S/C23H24F2N6O2/c1-26-23(33)17-4-5-18(21(25)28-17)31-8-6-30(7-9-31)12-13-2-3-14-15-10-27-11-16(15)22(32)29-20(14)19(13)24/h2-5,27H,6-12H2,1H3,(H,26,33)(H,29,32). The number of amides is 1. The van der Waals surface area contributed by atoms with Crippen LogP contribution in [0.4, 0.5) is 14.5 Å². The Kier molecular flexibility index (Phi) is 5.55. The lowest BCUT2D eigenvalue weighted by Crippen LogP contribution is -2.46. The van der Waals surface area contributed by atoms with E-state index < -0.39 is 17.7 Å². The lowest BCUT2D eigenvalue weighted by Gasteiger charge is -2.36. The first kappa shape index (κ1) is 21.5. The van der Waals surface area contributed by atoms with Crippen molar-refractivity contribution < 1.29 is 13.6 Å². The number of hydrogen-bond acceptors (Lipinski definition) is 6. The minimum atomic E-state index is -0.684. The predicted molar refractivity (Wildman–Crippen MR) is 120 cm³/mol. The van der Waals surface area contributed by atoms with Crippen LogP contribution in [-0.4, -0.2) is 54.0 Å². The Bertz CT molecular complexity index is 1300. The maximum Gasteiger partial charge on any atom is 0.269 e. The molecular formula is C23H24F2N6O2. The van der Waals surface area contributed by atoms with Gasteiger partial charge in [-0.25, -0.2) is 9.37 Å². The van der Waals surface area contributed by atoms with Crippen LogP contribution in [0.15, 0.2) is 29.1 Å². The van der Waals surface area contributed by atoms with Crippen LogP contribution in [-0.2, 0) is 19.6 Å². The number of aromatic nitrogens is 2. The van der Waals surface area contributed by atoms with Crippen molar-refractivity contribution >= 4 is 22.5 Å². The Labute approximate surface area is 188 Å². The molecule has 4 heterocycles. The second-order valence-corrected chi connectivity index (χ2v) is 8.32. The van der Waals surface area contributed by atoms with Crippen molar-refractivity contribution in [1.29, 1.82) is 0 Å². The minimum absolute atomic E-state index is 0.0311. The molecule has 0 unspecified atom stereocenters. The summed E-state index contributed by atoms with van der Waals surface area (Å²) in [6.07, 6.45) is 0. The number of halogens is 2. The molecule has 1 aromatic carbocycles. The van der Waals surface area contributed by atoms with Gasteiger partial charge in [-0.2, -0.15) is 4.39 Å². The molecule has 2 aliphatic heterocycles. The molecule has 8 nitrogen and oxygen atoms in total. The summed E-state index contributed by atoms with van der Waals surface area (Å²) in [4.78, 5) is 34.4. The largest absolute Gasteiger partial charge is 0.365 e. The van der Waals surface area contributed by atoms with E-state index in [1.807, 2.05) is 11.0 Å². The third-order valence-corrected chi connectivity index (χ3v) is 6.42. The number of benzene rings is 1. The Morgan fingerprint density at radius 2 is 1.85 bits per heavy atom. The Hall–Kier alpha value is -3.37. The van der Waals surface area contributed by atoms with E-state index in [2.05, 4.69) is 25.5 Å².